The Balaban J connectivity index is 2.26. The van der Waals surface area contributed by atoms with Gasteiger partial charge in [0.25, 0.3) is 0 Å². The highest BCUT2D eigenvalue weighted by Crippen LogP contribution is 2.38. The second kappa shape index (κ2) is 8.05. The van der Waals surface area contributed by atoms with Crippen LogP contribution in [0.2, 0.25) is 0 Å². The van der Waals surface area contributed by atoms with Gasteiger partial charge in [0.05, 0.1) is 21.2 Å². The van der Waals surface area contributed by atoms with Crippen LogP contribution in [0.4, 0.5) is 39.5 Å². The average molecular weight is 496 g/mol. The van der Waals surface area contributed by atoms with Crippen molar-refractivity contribution in [3.63, 3.8) is 0 Å². The Morgan fingerprint density at radius 3 is 1.59 bits per heavy atom. The Morgan fingerprint density at radius 2 is 1.14 bits per heavy atom. The number of alkyl halides is 9. The van der Waals surface area contributed by atoms with Crippen LogP contribution in [0, 0.1) is 0 Å². The van der Waals surface area contributed by atoms with Crippen LogP contribution in [0.15, 0.2) is 34.8 Å². The van der Waals surface area contributed by atoms with Crippen LogP contribution in [-0.2, 0) is 31.6 Å². The van der Waals surface area contributed by atoms with E-state index in [2.05, 4.69) is 21.2 Å². The van der Waals surface area contributed by atoms with E-state index in [0.29, 0.717) is 24.3 Å². The van der Waals surface area contributed by atoms with Crippen molar-refractivity contribution in [3.8, 4) is 5.75 Å². The lowest BCUT2D eigenvalue weighted by atomic mass is 10.0. The number of hydrogen-bond acceptors (Lipinski definition) is 2. The zero-order valence-electron chi connectivity index (χ0n) is 14.0. The fraction of sp³-hybridized carbons (Fsp3) is 0.294. The molecular formula is C17H11BrF9NO. The summed E-state index contributed by atoms with van der Waals surface area (Å²) in [5.41, 5.74) is -4.72. The van der Waals surface area contributed by atoms with E-state index in [9.17, 15) is 44.6 Å². The minimum absolute atomic E-state index is 0.0285. The first kappa shape index (κ1) is 23.3. The van der Waals surface area contributed by atoms with Gasteiger partial charge in [-0.05, 0) is 51.8 Å². The van der Waals surface area contributed by atoms with E-state index >= 15 is 0 Å². The molecule has 2 aromatic carbocycles. The molecule has 0 aliphatic carbocycles. The molecule has 29 heavy (non-hydrogen) atoms. The molecule has 0 fully saturated rings. The van der Waals surface area contributed by atoms with Crippen molar-refractivity contribution in [2.45, 2.75) is 31.6 Å². The number of rotatable bonds is 4. The van der Waals surface area contributed by atoms with Gasteiger partial charge < -0.3 is 10.4 Å². The lowest BCUT2D eigenvalue weighted by Gasteiger charge is -2.15. The molecule has 0 saturated carbocycles. The molecular weight excluding hydrogens is 485 g/mol. The number of nitrogens with one attached hydrogen (secondary N) is 1. The van der Waals surface area contributed by atoms with Gasteiger partial charge in [-0.2, -0.15) is 39.5 Å². The number of aromatic hydroxyl groups is 1. The third-order valence-electron chi connectivity index (χ3n) is 3.76. The van der Waals surface area contributed by atoms with Crippen LogP contribution in [-0.4, -0.2) is 5.11 Å². The first-order valence-corrected chi connectivity index (χ1v) is 8.46. The number of phenols is 1. The smallest absolute Gasteiger partial charge is 0.416 e. The summed E-state index contributed by atoms with van der Waals surface area (Å²) in [5.74, 6) is -0.537. The summed E-state index contributed by atoms with van der Waals surface area (Å²) in [6.07, 6.45) is -14.7. The van der Waals surface area contributed by atoms with E-state index in [-0.39, 0.29) is 21.7 Å². The van der Waals surface area contributed by atoms with Crippen LogP contribution in [0.25, 0.3) is 0 Å². The number of phenolic OH excluding ortho intramolecular Hbond substituents is 1. The van der Waals surface area contributed by atoms with Crippen molar-refractivity contribution in [1.82, 2.24) is 5.32 Å². The van der Waals surface area contributed by atoms with Gasteiger partial charge in [0.2, 0.25) is 0 Å². The maximum Gasteiger partial charge on any atom is 0.416 e. The van der Waals surface area contributed by atoms with Crippen molar-refractivity contribution in [3.05, 3.63) is 62.6 Å². The molecule has 0 bridgehead atoms. The van der Waals surface area contributed by atoms with Gasteiger partial charge in [-0.15, -0.1) is 0 Å². The molecule has 2 rings (SSSR count). The van der Waals surface area contributed by atoms with Crippen LogP contribution < -0.4 is 5.32 Å². The maximum absolute atomic E-state index is 12.8. The van der Waals surface area contributed by atoms with E-state index < -0.39 is 54.1 Å². The topological polar surface area (TPSA) is 32.3 Å². The van der Waals surface area contributed by atoms with Crippen molar-refractivity contribution in [1.29, 1.82) is 0 Å². The standard InChI is InChI=1S/C17H11BrF9NO/c18-13-5-12(17(25,26)27)3-9(14(13)29)7-28-6-8-1-10(15(19,20)21)4-11(2-8)16(22,23)24/h1-5,28-29H,6-7H2. The molecule has 0 heterocycles. The maximum atomic E-state index is 12.8. The Morgan fingerprint density at radius 1 is 0.690 bits per heavy atom. The van der Waals surface area contributed by atoms with Crippen molar-refractivity contribution >= 4 is 15.9 Å². The molecule has 0 aromatic heterocycles. The normalized spacial score (nSPS) is 13.0. The molecule has 0 spiro atoms. The van der Waals surface area contributed by atoms with E-state index in [1.54, 1.807) is 0 Å². The van der Waals surface area contributed by atoms with E-state index in [0.717, 1.165) is 0 Å². The van der Waals surface area contributed by atoms with Gasteiger partial charge >= 0.3 is 18.5 Å². The lowest BCUT2D eigenvalue weighted by Crippen LogP contribution is -2.17. The Hall–Kier alpha value is -1.95. The summed E-state index contributed by atoms with van der Waals surface area (Å²) in [6.45, 7) is -0.952. The van der Waals surface area contributed by atoms with Gasteiger partial charge in [0, 0.05) is 18.7 Å². The molecule has 2 nitrogen and oxygen atoms in total. The van der Waals surface area contributed by atoms with Crippen LogP contribution in [0.3, 0.4) is 0 Å². The quantitative estimate of drug-likeness (QED) is 0.474. The third-order valence-corrected chi connectivity index (χ3v) is 4.37. The van der Waals surface area contributed by atoms with Crippen LogP contribution >= 0.6 is 15.9 Å². The fourth-order valence-corrected chi connectivity index (χ4v) is 2.92. The molecule has 0 radical (unpaired) electrons. The number of halogens is 10. The molecule has 0 unspecified atom stereocenters. The van der Waals surface area contributed by atoms with Crippen LogP contribution in [0.1, 0.15) is 27.8 Å². The first-order chi connectivity index (χ1) is 13.1. The van der Waals surface area contributed by atoms with E-state index in [1.807, 2.05) is 0 Å². The fourth-order valence-electron chi connectivity index (χ4n) is 2.42. The summed E-state index contributed by atoms with van der Waals surface area (Å²) in [6, 6.07) is 2.25. The minimum Gasteiger partial charge on any atom is -0.506 e. The molecule has 12 heteroatoms. The second-order valence-corrected chi connectivity index (χ2v) is 6.84. The monoisotopic (exact) mass is 495 g/mol. The van der Waals surface area contributed by atoms with Crippen molar-refractivity contribution in [2.75, 3.05) is 0 Å². The molecule has 2 N–H and O–H groups in total. The molecule has 0 atom stereocenters. The SMILES string of the molecule is Oc1c(Br)cc(C(F)(F)F)cc1CNCc1cc(C(F)(F)F)cc(C(F)(F)F)c1. The molecule has 0 amide bonds. The minimum atomic E-state index is -5.01. The molecule has 0 saturated heterocycles. The summed E-state index contributed by atoms with van der Waals surface area (Å²) in [4.78, 5) is 0. The van der Waals surface area contributed by atoms with Crippen molar-refractivity contribution < 1.29 is 44.6 Å². The Kier molecular flexibility index (Phi) is 6.48. The Bertz CT molecular complexity index is 856. The predicted octanol–water partition coefficient (Wildman–Crippen LogP) is 6.50. The van der Waals surface area contributed by atoms with E-state index in [4.69, 9.17) is 0 Å². The first-order valence-electron chi connectivity index (χ1n) is 7.66. The average Bonchev–Trinajstić information content (AvgIpc) is 2.55. The molecule has 160 valence electrons. The second-order valence-electron chi connectivity index (χ2n) is 5.98. The third kappa shape index (κ3) is 6.01. The Labute approximate surface area is 166 Å². The molecule has 2 aromatic rings. The number of benzene rings is 2. The molecule has 0 aliphatic heterocycles. The summed E-state index contributed by atoms with van der Waals surface area (Å²) < 4.78 is 115. The zero-order chi connectivity index (χ0) is 22.2. The number of hydrogen-bond donors (Lipinski definition) is 2. The van der Waals surface area contributed by atoms with Crippen LogP contribution in [0.5, 0.6) is 5.75 Å². The van der Waals surface area contributed by atoms with Gasteiger partial charge in [0.1, 0.15) is 5.75 Å². The van der Waals surface area contributed by atoms with Gasteiger partial charge in [-0.25, -0.2) is 0 Å². The highest BCUT2D eigenvalue weighted by molar-refractivity contribution is 9.10. The van der Waals surface area contributed by atoms with Crippen molar-refractivity contribution in [2.24, 2.45) is 0 Å². The molecule has 0 aliphatic rings. The zero-order valence-corrected chi connectivity index (χ0v) is 15.6. The van der Waals surface area contributed by atoms with Gasteiger partial charge in [-0.1, -0.05) is 0 Å². The van der Waals surface area contributed by atoms with Gasteiger partial charge in [0.15, 0.2) is 0 Å². The summed E-state index contributed by atoms with van der Waals surface area (Å²) >= 11 is 2.76. The summed E-state index contributed by atoms with van der Waals surface area (Å²) in [7, 11) is 0. The highest BCUT2D eigenvalue weighted by Gasteiger charge is 2.37. The predicted molar refractivity (Wildman–Crippen MR) is 87.8 cm³/mol. The summed E-state index contributed by atoms with van der Waals surface area (Å²) in [5, 5.41) is 12.3. The highest BCUT2D eigenvalue weighted by atomic mass is 79.9. The van der Waals surface area contributed by atoms with Gasteiger partial charge in [-0.3, -0.25) is 0 Å². The lowest BCUT2D eigenvalue weighted by molar-refractivity contribution is -0.143. The largest absolute Gasteiger partial charge is 0.506 e. The van der Waals surface area contributed by atoms with E-state index in [1.165, 1.54) is 0 Å².